The Morgan fingerprint density at radius 2 is 1.79 bits per heavy atom. The first-order valence-corrected chi connectivity index (χ1v) is 11.6. The van der Waals surface area contributed by atoms with Crippen LogP contribution in [0.25, 0.3) is 11.0 Å². The third kappa shape index (κ3) is 6.13. The number of nitrogens with zero attached hydrogens (tertiary/aromatic N) is 3. The van der Waals surface area contributed by atoms with Crippen molar-refractivity contribution in [2.45, 2.75) is 32.2 Å². The Kier molecular flexibility index (Phi) is 8.11. The van der Waals surface area contributed by atoms with Crippen molar-refractivity contribution < 1.29 is 14.3 Å². The topological polar surface area (TPSA) is 78.3 Å². The van der Waals surface area contributed by atoms with Crippen molar-refractivity contribution in [1.82, 2.24) is 19.9 Å². The fourth-order valence-corrected chi connectivity index (χ4v) is 3.85. The molecule has 7 nitrogen and oxygen atoms in total. The largest absolute Gasteiger partial charge is 0.497 e. The van der Waals surface area contributed by atoms with E-state index in [0.717, 1.165) is 60.6 Å². The summed E-state index contributed by atoms with van der Waals surface area (Å²) in [7, 11) is 1.66. The number of aryl methyl sites for hydroxylation is 2. The highest BCUT2D eigenvalue weighted by molar-refractivity contribution is 5.93. The molecule has 0 aliphatic carbocycles. The highest BCUT2D eigenvalue weighted by atomic mass is 16.5. The molecule has 0 saturated carbocycles. The summed E-state index contributed by atoms with van der Waals surface area (Å²) in [4.78, 5) is 21.1. The molecule has 4 rings (SSSR count). The van der Waals surface area contributed by atoms with Crippen molar-refractivity contribution in [2.75, 3.05) is 20.3 Å². The van der Waals surface area contributed by atoms with Crippen LogP contribution >= 0.6 is 0 Å². The van der Waals surface area contributed by atoms with E-state index >= 15 is 0 Å². The zero-order valence-electron chi connectivity index (χ0n) is 19.4. The van der Waals surface area contributed by atoms with Crippen molar-refractivity contribution in [3.63, 3.8) is 0 Å². The zero-order valence-corrected chi connectivity index (χ0v) is 19.4. The lowest BCUT2D eigenvalue weighted by Crippen LogP contribution is -2.25. The van der Waals surface area contributed by atoms with E-state index in [1.54, 1.807) is 31.6 Å². The Hall–Kier alpha value is -3.87. The molecule has 2 aromatic carbocycles. The molecule has 0 unspecified atom stereocenters. The van der Waals surface area contributed by atoms with Crippen LogP contribution in [0.5, 0.6) is 11.5 Å². The molecule has 0 atom stereocenters. The van der Waals surface area contributed by atoms with E-state index in [1.807, 2.05) is 42.5 Å². The van der Waals surface area contributed by atoms with Crippen molar-refractivity contribution in [3.05, 3.63) is 84.4 Å². The van der Waals surface area contributed by atoms with Gasteiger partial charge in [-0.25, -0.2) is 4.98 Å². The molecular formula is C27H30N4O3. The number of hydrogen-bond donors (Lipinski definition) is 1. The monoisotopic (exact) mass is 458 g/mol. The van der Waals surface area contributed by atoms with Crippen molar-refractivity contribution in [2.24, 2.45) is 0 Å². The molecule has 4 aromatic rings. The molecule has 176 valence electrons. The van der Waals surface area contributed by atoms with E-state index in [0.29, 0.717) is 18.7 Å². The lowest BCUT2D eigenvalue weighted by molar-refractivity contribution is 0.0952. The summed E-state index contributed by atoms with van der Waals surface area (Å²) < 4.78 is 13.3. The number of pyridine rings is 1. The number of unbranched alkanes of at least 4 members (excludes halogenated alkanes) is 1. The minimum absolute atomic E-state index is 0.0986. The van der Waals surface area contributed by atoms with Crippen LogP contribution in [0.2, 0.25) is 0 Å². The van der Waals surface area contributed by atoms with Crippen molar-refractivity contribution in [3.8, 4) is 11.5 Å². The number of ether oxygens (including phenoxy) is 2. The van der Waals surface area contributed by atoms with Gasteiger partial charge in [-0.05, 0) is 67.8 Å². The molecule has 2 aromatic heterocycles. The fourth-order valence-electron chi connectivity index (χ4n) is 3.85. The number of carbonyl (C=O) groups excluding carboxylic acids is 1. The number of benzene rings is 2. The van der Waals surface area contributed by atoms with Crippen LogP contribution < -0.4 is 14.8 Å². The van der Waals surface area contributed by atoms with E-state index in [9.17, 15) is 4.79 Å². The summed E-state index contributed by atoms with van der Waals surface area (Å²) in [5.74, 6) is 2.62. The molecule has 34 heavy (non-hydrogen) atoms. The van der Waals surface area contributed by atoms with Crippen molar-refractivity contribution >= 4 is 16.9 Å². The Labute approximate surface area is 199 Å². The zero-order chi connectivity index (χ0) is 23.6. The van der Waals surface area contributed by atoms with Gasteiger partial charge in [0.2, 0.25) is 0 Å². The number of imidazole rings is 1. The maximum Gasteiger partial charge on any atom is 0.252 e. The van der Waals surface area contributed by atoms with Crippen LogP contribution in [-0.4, -0.2) is 40.7 Å². The van der Waals surface area contributed by atoms with Crippen LogP contribution in [-0.2, 0) is 13.0 Å². The Balaban J connectivity index is 1.27. The third-order valence-corrected chi connectivity index (χ3v) is 5.62. The third-order valence-electron chi connectivity index (χ3n) is 5.62. The first kappa shape index (κ1) is 23.3. The van der Waals surface area contributed by atoms with Gasteiger partial charge in [-0.2, -0.15) is 0 Å². The lowest BCUT2D eigenvalue weighted by atomic mass is 10.2. The highest BCUT2D eigenvalue weighted by Crippen LogP contribution is 2.19. The van der Waals surface area contributed by atoms with Crippen LogP contribution in [0.1, 0.15) is 35.4 Å². The number of para-hydroxylation sites is 2. The predicted molar refractivity (Wildman–Crippen MR) is 132 cm³/mol. The summed E-state index contributed by atoms with van der Waals surface area (Å²) >= 11 is 0. The van der Waals surface area contributed by atoms with E-state index < -0.39 is 0 Å². The summed E-state index contributed by atoms with van der Waals surface area (Å²) in [6, 6.07) is 19.4. The van der Waals surface area contributed by atoms with Crippen LogP contribution in [0.3, 0.4) is 0 Å². The Morgan fingerprint density at radius 3 is 2.59 bits per heavy atom. The number of amides is 1. The smallest absolute Gasteiger partial charge is 0.252 e. The van der Waals surface area contributed by atoms with Gasteiger partial charge in [0.15, 0.2) is 0 Å². The summed E-state index contributed by atoms with van der Waals surface area (Å²) in [6.07, 6.45) is 6.78. The standard InChI is InChI=1S/C27H30N4O3/c1-33-22-12-14-23(15-13-22)34-19-5-4-18-31-25-10-3-2-9-24(25)30-26(31)11-7-17-29-27(32)21-8-6-16-28-20-21/h2-3,6,8-10,12-16,20H,4-5,7,11,17-19H2,1H3,(H,29,32). The maximum absolute atomic E-state index is 12.2. The van der Waals surface area contributed by atoms with Gasteiger partial charge in [0.05, 0.1) is 30.3 Å². The van der Waals surface area contributed by atoms with E-state index in [-0.39, 0.29) is 5.91 Å². The van der Waals surface area contributed by atoms with Gasteiger partial charge in [-0.3, -0.25) is 9.78 Å². The molecule has 2 heterocycles. The molecule has 0 aliphatic heterocycles. The molecular weight excluding hydrogens is 428 g/mol. The molecule has 0 bridgehead atoms. The average molecular weight is 459 g/mol. The number of nitrogens with one attached hydrogen (secondary N) is 1. The van der Waals surface area contributed by atoms with E-state index in [4.69, 9.17) is 14.5 Å². The van der Waals surface area contributed by atoms with Crippen LogP contribution in [0.15, 0.2) is 73.1 Å². The number of rotatable bonds is 12. The second kappa shape index (κ2) is 11.8. The van der Waals surface area contributed by atoms with Crippen LogP contribution in [0, 0.1) is 0 Å². The fraction of sp³-hybridized carbons (Fsp3) is 0.296. The summed E-state index contributed by atoms with van der Waals surface area (Å²) in [6.45, 7) is 2.13. The van der Waals surface area contributed by atoms with Gasteiger partial charge in [0.1, 0.15) is 17.3 Å². The molecule has 0 spiro atoms. The summed E-state index contributed by atoms with van der Waals surface area (Å²) in [5, 5.41) is 2.96. The second-order valence-electron chi connectivity index (χ2n) is 8.00. The first-order valence-electron chi connectivity index (χ1n) is 11.6. The van der Waals surface area contributed by atoms with Gasteiger partial charge in [-0.1, -0.05) is 12.1 Å². The molecule has 0 saturated heterocycles. The molecule has 0 radical (unpaired) electrons. The number of methoxy groups -OCH3 is 1. The SMILES string of the molecule is COc1ccc(OCCCCn2c(CCCNC(=O)c3cccnc3)nc3ccccc32)cc1. The van der Waals surface area contributed by atoms with Gasteiger partial charge < -0.3 is 19.4 Å². The molecule has 0 aliphatic rings. The maximum atomic E-state index is 12.2. The van der Waals surface area contributed by atoms with E-state index in [1.165, 1.54) is 0 Å². The van der Waals surface area contributed by atoms with Crippen molar-refractivity contribution in [1.29, 1.82) is 0 Å². The number of fused-ring (bicyclic) bond motifs is 1. The van der Waals surface area contributed by atoms with Gasteiger partial charge in [0, 0.05) is 31.9 Å². The molecule has 7 heteroatoms. The van der Waals surface area contributed by atoms with Gasteiger partial charge in [-0.15, -0.1) is 0 Å². The number of hydrogen-bond acceptors (Lipinski definition) is 5. The lowest BCUT2D eigenvalue weighted by Gasteiger charge is -2.11. The first-order chi connectivity index (χ1) is 16.7. The second-order valence-corrected chi connectivity index (χ2v) is 8.00. The van der Waals surface area contributed by atoms with E-state index in [2.05, 4.69) is 20.9 Å². The predicted octanol–water partition coefficient (Wildman–Crippen LogP) is 4.66. The van der Waals surface area contributed by atoms with Crippen LogP contribution in [0.4, 0.5) is 0 Å². The molecule has 1 amide bonds. The molecule has 0 fully saturated rings. The van der Waals surface area contributed by atoms with Gasteiger partial charge in [0.25, 0.3) is 5.91 Å². The highest BCUT2D eigenvalue weighted by Gasteiger charge is 2.11. The summed E-state index contributed by atoms with van der Waals surface area (Å²) in [5.41, 5.74) is 2.73. The Bertz CT molecular complexity index is 1190. The Morgan fingerprint density at radius 1 is 0.971 bits per heavy atom. The quantitative estimate of drug-likeness (QED) is 0.312. The minimum atomic E-state index is -0.0986. The average Bonchev–Trinajstić information content (AvgIpc) is 3.24. The normalized spacial score (nSPS) is 10.9. The minimum Gasteiger partial charge on any atom is -0.497 e. The number of aromatic nitrogens is 3. The molecule has 1 N–H and O–H groups in total. The van der Waals surface area contributed by atoms with Gasteiger partial charge >= 0.3 is 0 Å². The number of carbonyl (C=O) groups is 1.